The molecule has 0 spiro atoms. The Labute approximate surface area is 236 Å². The van der Waals surface area contributed by atoms with Crippen molar-refractivity contribution in [3.63, 3.8) is 0 Å². The molecule has 0 aromatic rings. The van der Waals surface area contributed by atoms with Gasteiger partial charge in [-0.1, -0.05) is 13.8 Å². The van der Waals surface area contributed by atoms with E-state index in [4.69, 9.17) is 19.7 Å². The van der Waals surface area contributed by atoms with Gasteiger partial charge >= 0.3 is 5.97 Å². The molecule has 5 aliphatic rings. The lowest BCUT2D eigenvalue weighted by Gasteiger charge is -2.17. The van der Waals surface area contributed by atoms with Gasteiger partial charge in [0.05, 0.1) is 47.1 Å². The lowest BCUT2D eigenvalue weighted by Crippen LogP contribution is -2.15. The Hall–Kier alpha value is -4.00. The summed E-state index contributed by atoms with van der Waals surface area (Å²) in [5, 5.41) is 13.9. The summed E-state index contributed by atoms with van der Waals surface area (Å²) >= 11 is 0. The Bertz CT molecular complexity index is 1530. The summed E-state index contributed by atoms with van der Waals surface area (Å²) in [6, 6.07) is 0. The average Bonchev–Trinajstić information content (AvgIpc) is 3.62. The summed E-state index contributed by atoms with van der Waals surface area (Å²) in [7, 11) is 0. The molecule has 1 fully saturated rings. The third kappa shape index (κ3) is 4.78. The zero-order chi connectivity index (χ0) is 28.7. The zero-order valence-corrected chi connectivity index (χ0v) is 24.5. The first-order valence-corrected chi connectivity index (χ1v) is 14.2. The van der Waals surface area contributed by atoms with Crippen LogP contribution in [0.3, 0.4) is 0 Å². The number of aliphatic hydroxyl groups excluding tert-OH is 1. The van der Waals surface area contributed by atoms with Gasteiger partial charge in [-0.2, -0.15) is 0 Å². The van der Waals surface area contributed by atoms with Gasteiger partial charge in [0.25, 0.3) is 0 Å². The quantitative estimate of drug-likeness (QED) is 0.295. The van der Waals surface area contributed by atoms with E-state index in [1.807, 2.05) is 19.9 Å². The Morgan fingerprint density at radius 2 is 1.68 bits per heavy atom. The van der Waals surface area contributed by atoms with Gasteiger partial charge < -0.3 is 15.2 Å². The standard InChI is InChI=1S/C33H38N4O3/c1-8-22-18(4)28-15-31-24(16-38)20(6)27(36-31)14-29-19(5)23(10-11-32(39)40-9-2)33(37-29)21(7)26-12-17(3)25(34-26)13-30(22)35-28/h12-16,19,23,37-38H,8-11H2,1-7H3/t19-,23-/m0/s1. The molecule has 0 aromatic heterocycles. The van der Waals surface area contributed by atoms with E-state index < -0.39 is 0 Å². The number of aliphatic imine (C=N–C) groups is 3. The maximum Gasteiger partial charge on any atom is 0.305 e. The van der Waals surface area contributed by atoms with Crippen LogP contribution in [0.4, 0.5) is 0 Å². The summed E-state index contributed by atoms with van der Waals surface area (Å²) in [6.45, 7) is 14.8. The van der Waals surface area contributed by atoms with Crippen LogP contribution >= 0.6 is 0 Å². The number of nitrogens with one attached hydrogen (secondary N) is 1. The number of ether oxygens (including phenoxy) is 1. The van der Waals surface area contributed by atoms with Crippen molar-refractivity contribution in [3.05, 3.63) is 92.5 Å². The number of rotatable bonds is 5. The van der Waals surface area contributed by atoms with Crippen molar-refractivity contribution < 1.29 is 14.6 Å². The Morgan fingerprint density at radius 1 is 0.950 bits per heavy atom. The van der Waals surface area contributed by atoms with Crippen molar-refractivity contribution in [1.29, 1.82) is 0 Å². The van der Waals surface area contributed by atoms with E-state index in [9.17, 15) is 9.90 Å². The third-order valence-corrected chi connectivity index (χ3v) is 8.51. The molecule has 7 heteroatoms. The predicted octanol–water partition coefficient (Wildman–Crippen LogP) is 6.88. The van der Waals surface area contributed by atoms with Gasteiger partial charge in [0, 0.05) is 35.2 Å². The number of hydrogen-bond donors (Lipinski definition) is 2. The molecule has 5 heterocycles. The number of allylic oxidation sites excluding steroid dienone is 12. The number of hydrogen-bond acceptors (Lipinski definition) is 7. The van der Waals surface area contributed by atoms with Crippen molar-refractivity contribution in [3.8, 4) is 0 Å². The highest BCUT2D eigenvalue weighted by Gasteiger charge is 2.36. The van der Waals surface area contributed by atoms with E-state index >= 15 is 0 Å². The maximum absolute atomic E-state index is 12.3. The third-order valence-electron chi connectivity index (χ3n) is 8.51. The SMILES string of the molecule is CCOC(=O)CC[C@@H]1C2=C(C)C3=NC(=CC4=NC(=CC5=NC(=C(C)C5=CO)C=C(N2)[C@H]1C)C(C)=C4CC)C(C)=C3. The van der Waals surface area contributed by atoms with E-state index in [1.54, 1.807) is 0 Å². The number of nitrogens with zero attached hydrogens (tertiary/aromatic N) is 3. The van der Waals surface area contributed by atoms with Crippen LogP contribution in [0.1, 0.15) is 67.7 Å². The minimum atomic E-state index is -0.179. The fourth-order valence-electron chi connectivity index (χ4n) is 6.03. The summed E-state index contributed by atoms with van der Waals surface area (Å²) < 4.78 is 5.23. The number of fused-ring (bicyclic) bond motifs is 5. The summed E-state index contributed by atoms with van der Waals surface area (Å²) in [5.41, 5.74) is 13.2. The summed E-state index contributed by atoms with van der Waals surface area (Å²) in [4.78, 5) is 27.3. The van der Waals surface area contributed by atoms with Crippen molar-refractivity contribution >= 4 is 23.1 Å². The molecule has 1 saturated heterocycles. The highest BCUT2D eigenvalue weighted by molar-refractivity contribution is 6.18. The minimum Gasteiger partial charge on any atom is -0.515 e. The van der Waals surface area contributed by atoms with Gasteiger partial charge in [-0.05, 0) is 99.6 Å². The van der Waals surface area contributed by atoms with E-state index in [1.165, 1.54) is 5.57 Å². The molecule has 5 rings (SSSR count). The van der Waals surface area contributed by atoms with Gasteiger partial charge in [-0.3, -0.25) is 4.79 Å². The lowest BCUT2D eigenvalue weighted by molar-refractivity contribution is -0.143. The van der Waals surface area contributed by atoms with Crippen molar-refractivity contribution in [2.45, 2.75) is 67.7 Å². The highest BCUT2D eigenvalue weighted by atomic mass is 16.5. The maximum atomic E-state index is 12.3. The molecule has 0 amide bonds. The van der Waals surface area contributed by atoms with Crippen LogP contribution in [-0.4, -0.2) is 34.8 Å². The molecule has 0 aromatic carbocycles. The minimum absolute atomic E-state index is 0.0918. The normalized spacial score (nSPS) is 25.0. The monoisotopic (exact) mass is 538 g/mol. The van der Waals surface area contributed by atoms with Crippen LogP contribution in [0.15, 0.2) is 107 Å². The lowest BCUT2D eigenvalue weighted by atomic mass is 9.86. The van der Waals surface area contributed by atoms with Crippen molar-refractivity contribution in [1.82, 2.24) is 5.32 Å². The zero-order valence-electron chi connectivity index (χ0n) is 24.5. The largest absolute Gasteiger partial charge is 0.515 e. The predicted molar refractivity (Wildman–Crippen MR) is 161 cm³/mol. The van der Waals surface area contributed by atoms with Crippen molar-refractivity contribution in [2.75, 3.05) is 6.61 Å². The fraction of sp³-hybridized carbons (Fsp3) is 0.394. The van der Waals surface area contributed by atoms with E-state index in [0.717, 1.165) is 74.9 Å². The first-order chi connectivity index (χ1) is 19.2. The Morgan fingerprint density at radius 3 is 2.38 bits per heavy atom. The molecular weight excluding hydrogens is 500 g/mol. The smallest absolute Gasteiger partial charge is 0.305 e. The molecule has 0 saturated carbocycles. The molecule has 5 aliphatic heterocycles. The van der Waals surface area contributed by atoms with Crippen LogP contribution in [-0.2, 0) is 9.53 Å². The van der Waals surface area contributed by atoms with E-state index in [-0.39, 0.29) is 17.8 Å². The van der Waals surface area contributed by atoms with Gasteiger partial charge in [0.1, 0.15) is 0 Å². The average molecular weight is 539 g/mol. The Balaban J connectivity index is 1.70. The summed E-state index contributed by atoms with van der Waals surface area (Å²) in [6.07, 6.45) is 11.3. The molecule has 0 aliphatic carbocycles. The molecule has 2 atom stereocenters. The van der Waals surface area contributed by atoms with Gasteiger partial charge in [0.2, 0.25) is 0 Å². The van der Waals surface area contributed by atoms with Crippen LogP contribution in [0.25, 0.3) is 0 Å². The van der Waals surface area contributed by atoms with Gasteiger partial charge in [-0.15, -0.1) is 0 Å². The second-order valence-corrected chi connectivity index (χ2v) is 10.9. The molecule has 208 valence electrons. The molecule has 0 radical (unpaired) electrons. The number of aliphatic hydroxyl groups is 1. The second kappa shape index (κ2) is 10.9. The molecular formula is C33H38N4O3. The van der Waals surface area contributed by atoms with Gasteiger partial charge in [0.15, 0.2) is 0 Å². The Kier molecular flexibility index (Phi) is 7.49. The topological polar surface area (TPSA) is 95.6 Å². The molecule has 7 nitrogen and oxygen atoms in total. The van der Waals surface area contributed by atoms with Crippen LogP contribution < -0.4 is 5.32 Å². The first kappa shape index (κ1) is 27.6. The molecule has 8 bridgehead atoms. The number of esters is 1. The second-order valence-electron chi connectivity index (χ2n) is 10.9. The van der Waals surface area contributed by atoms with Crippen LogP contribution in [0.2, 0.25) is 0 Å². The summed E-state index contributed by atoms with van der Waals surface area (Å²) in [5.74, 6) is 0.0339. The highest BCUT2D eigenvalue weighted by Crippen LogP contribution is 2.41. The van der Waals surface area contributed by atoms with Gasteiger partial charge in [-0.25, -0.2) is 15.0 Å². The fourth-order valence-corrected chi connectivity index (χ4v) is 6.03. The molecule has 2 N–H and O–H groups in total. The van der Waals surface area contributed by atoms with Crippen molar-refractivity contribution in [2.24, 2.45) is 26.8 Å². The first-order valence-electron chi connectivity index (χ1n) is 14.2. The van der Waals surface area contributed by atoms with Crippen LogP contribution in [0.5, 0.6) is 0 Å². The van der Waals surface area contributed by atoms with E-state index in [0.29, 0.717) is 30.7 Å². The number of carbonyl (C=O) groups excluding carboxylic acids is 1. The molecule has 40 heavy (non-hydrogen) atoms. The van der Waals surface area contributed by atoms with E-state index in [2.05, 4.69) is 58.2 Å². The molecule has 0 unspecified atom stereocenters. The number of carbonyl (C=O) groups is 1. The van der Waals surface area contributed by atoms with Crippen LogP contribution in [0, 0.1) is 11.8 Å².